The first-order valence-corrected chi connectivity index (χ1v) is 9.61. The number of nitrogens with one attached hydrogen (secondary N) is 1. The molecule has 31 heavy (non-hydrogen) atoms. The van der Waals surface area contributed by atoms with Gasteiger partial charge in [0, 0.05) is 28.9 Å². The molecule has 0 radical (unpaired) electrons. The normalized spacial score (nSPS) is 10.6. The molecule has 0 fully saturated rings. The van der Waals surface area contributed by atoms with E-state index in [1.807, 2.05) is 12.1 Å². The maximum absolute atomic E-state index is 12.1. The molecule has 3 aromatic carbocycles. The van der Waals surface area contributed by atoms with Crippen molar-refractivity contribution in [3.8, 4) is 11.5 Å². The first-order valence-electron chi connectivity index (χ1n) is 9.23. The quantitative estimate of drug-likeness (QED) is 0.285. The summed E-state index contributed by atoms with van der Waals surface area (Å²) in [6.45, 7) is 0.355. The lowest BCUT2D eigenvalue weighted by Gasteiger charge is -2.11. The Kier molecular flexibility index (Phi) is 7.24. The molecule has 158 valence electrons. The number of anilines is 1. The number of non-ortho nitro benzene ring substituents is 1. The van der Waals surface area contributed by atoms with E-state index in [9.17, 15) is 14.9 Å². The summed E-state index contributed by atoms with van der Waals surface area (Å²) in [5, 5.41) is 14.1. The average molecular weight is 439 g/mol. The molecule has 1 N–H and O–H groups in total. The molecule has 8 heteroatoms. The van der Waals surface area contributed by atoms with E-state index in [-0.39, 0.29) is 5.69 Å². The Balaban J connectivity index is 1.64. The highest BCUT2D eigenvalue weighted by atomic mass is 35.5. The van der Waals surface area contributed by atoms with Crippen LogP contribution in [0.2, 0.25) is 5.02 Å². The fraction of sp³-hybridized carbons (Fsp3) is 0.0870. The Morgan fingerprint density at radius 2 is 1.87 bits per heavy atom. The Bertz CT molecular complexity index is 1110. The van der Waals surface area contributed by atoms with E-state index in [0.717, 1.165) is 11.1 Å². The second-order valence-electron chi connectivity index (χ2n) is 6.46. The zero-order valence-corrected chi connectivity index (χ0v) is 17.3. The van der Waals surface area contributed by atoms with Crippen LogP contribution < -0.4 is 14.8 Å². The molecule has 0 spiro atoms. The van der Waals surface area contributed by atoms with Crippen LogP contribution in [0.4, 0.5) is 11.4 Å². The standard InChI is InChI=1S/C23H19ClN2O5/c1-30-22-13-16(7-11-21(22)31-15-17-5-9-18(24)10-6-17)8-12-23(27)25-19-3-2-4-20(14-19)26(28)29/h2-14H,15H2,1H3,(H,25,27)/b12-8+. The molecule has 0 bridgehead atoms. The number of ether oxygens (including phenoxy) is 2. The third kappa shape index (κ3) is 6.32. The molecule has 3 rings (SSSR count). The van der Waals surface area contributed by atoms with Gasteiger partial charge in [-0.2, -0.15) is 0 Å². The number of carbonyl (C=O) groups excluding carboxylic acids is 1. The number of carbonyl (C=O) groups is 1. The predicted molar refractivity (Wildman–Crippen MR) is 120 cm³/mol. The average Bonchev–Trinajstić information content (AvgIpc) is 2.77. The first-order chi connectivity index (χ1) is 14.9. The second kappa shape index (κ2) is 10.3. The zero-order chi connectivity index (χ0) is 22.2. The molecular formula is C23H19ClN2O5. The lowest BCUT2D eigenvalue weighted by molar-refractivity contribution is -0.384. The molecule has 0 aromatic heterocycles. The molecular weight excluding hydrogens is 420 g/mol. The largest absolute Gasteiger partial charge is 0.493 e. The summed E-state index contributed by atoms with van der Waals surface area (Å²) < 4.78 is 11.2. The number of methoxy groups -OCH3 is 1. The van der Waals surface area contributed by atoms with Gasteiger partial charge in [-0.3, -0.25) is 14.9 Å². The molecule has 7 nitrogen and oxygen atoms in total. The van der Waals surface area contributed by atoms with Crippen LogP contribution in [0.25, 0.3) is 6.08 Å². The van der Waals surface area contributed by atoms with Crippen molar-refractivity contribution in [3.63, 3.8) is 0 Å². The Morgan fingerprint density at radius 3 is 2.58 bits per heavy atom. The van der Waals surface area contributed by atoms with Crippen molar-refractivity contribution in [2.24, 2.45) is 0 Å². The lowest BCUT2D eigenvalue weighted by Crippen LogP contribution is -2.07. The summed E-state index contributed by atoms with van der Waals surface area (Å²) in [5.74, 6) is 0.674. The summed E-state index contributed by atoms with van der Waals surface area (Å²) in [4.78, 5) is 22.4. The van der Waals surface area contributed by atoms with Gasteiger partial charge in [-0.25, -0.2) is 0 Å². The van der Waals surface area contributed by atoms with Crippen LogP contribution in [-0.4, -0.2) is 17.9 Å². The third-order valence-corrected chi connectivity index (χ3v) is 4.50. The first kappa shape index (κ1) is 21.9. The predicted octanol–water partition coefficient (Wildman–Crippen LogP) is 5.49. The topological polar surface area (TPSA) is 90.7 Å². The van der Waals surface area contributed by atoms with Gasteiger partial charge in [0.15, 0.2) is 11.5 Å². The summed E-state index contributed by atoms with van der Waals surface area (Å²) in [5.41, 5.74) is 1.94. The number of amides is 1. The number of nitro groups is 1. The van der Waals surface area contributed by atoms with Crippen molar-refractivity contribution in [2.45, 2.75) is 6.61 Å². The molecule has 0 atom stereocenters. The minimum absolute atomic E-state index is 0.0966. The van der Waals surface area contributed by atoms with Gasteiger partial charge in [0.25, 0.3) is 5.69 Å². The summed E-state index contributed by atoms with van der Waals surface area (Å²) in [6.07, 6.45) is 2.94. The number of nitrogens with zero attached hydrogens (tertiary/aromatic N) is 1. The summed E-state index contributed by atoms with van der Waals surface area (Å²) in [7, 11) is 1.53. The monoisotopic (exact) mass is 438 g/mol. The van der Waals surface area contributed by atoms with Crippen LogP contribution in [-0.2, 0) is 11.4 Å². The van der Waals surface area contributed by atoms with Crippen molar-refractivity contribution in [3.05, 3.63) is 99.1 Å². The number of halogens is 1. The van der Waals surface area contributed by atoms with Crippen molar-refractivity contribution < 1.29 is 19.2 Å². The fourth-order valence-corrected chi connectivity index (χ4v) is 2.83. The molecule has 0 unspecified atom stereocenters. The van der Waals surface area contributed by atoms with E-state index in [0.29, 0.717) is 28.8 Å². The Labute approximate surface area is 184 Å². The van der Waals surface area contributed by atoms with Crippen LogP contribution in [0.1, 0.15) is 11.1 Å². The van der Waals surface area contributed by atoms with Gasteiger partial charge in [0.05, 0.1) is 12.0 Å². The number of nitro benzene ring substituents is 1. The molecule has 0 aliphatic rings. The Morgan fingerprint density at radius 1 is 1.10 bits per heavy atom. The van der Waals surface area contributed by atoms with E-state index in [1.54, 1.807) is 42.5 Å². The van der Waals surface area contributed by atoms with Crippen molar-refractivity contribution in [1.82, 2.24) is 0 Å². The maximum atomic E-state index is 12.1. The highest BCUT2D eigenvalue weighted by Crippen LogP contribution is 2.29. The van der Waals surface area contributed by atoms with Gasteiger partial charge < -0.3 is 14.8 Å². The van der Waals surface area contributed by atoms with Gasteiger partial charge in [-0.1, -0.05) is 35.9 Å². The molecule has 0 aliphatic carbocycles. The highest BCUT2D eigenvalue weighted by molar-refractivity contribution is 6.30. The van der Waals surface area contributed by atoms with E-state index in [2.05, 4.69) is 5.32 Å². The third-order valence-electron chi connectivity index (χ3n) is 4.25. The van der Waals surface area contributed by atoms with Crippen LogP contribution in [0.3, 0.4) is 0 Å². The molecule has 3 aromatic rings. The molecule has 1 amide bonds. The van der Waals surface area contributed by atoms with E-state index in [4.69, 9.17) is 21.1 Å². The van der Waals surface area contributed by atoms with E-state index >= 15 is 0 Å². The fourth-order valence-electron chi connectivity index (χ4n) is 2.70. The van der Waals surface area contributed by atoms with Crippen molar-refractivity contribution in [1.29, 1.82) is 0 Å². The van der Waals surface area contributed by atoms with Crippen molar-refractivity contribution in [2.75, 3.05) is 12.4 Å². The SMILES string of the molecule is COc1cc(/C=C/C(=O)Nc2cccc([N+](=O)[O-])c2)ccc1OCc1ccc(Cl)cc1. The number of rotatable bonds is 8. The van der Waals surface area contributed by atoms with Crippen molar-refractivity contribution >= 4 is 35.0 Å². The van der Waals surface area contributed by atoms with Crippen LogP contribution in [0, 0.1) is 10.1 Å². The minimum Gasteiger partial charge on any atom is -0.493 e. The smallest absolute Gasteiger partial charge is 0.271 e. The second-order valence-corrected chi connectivity index (χ2v) is 6.89. The molecule has 0 saturated heterocycles. The number of benzene rings is 3. The molecule has 0 heterocycles. The molecule has 0 aliphatic heterocycles. The highest BCUT2D eigenvalue weighted by Gasteiger charge is 2.08. The number of hydrogen-bond donors (Lipinski definition) is 1. The van der Waals surface area contributed by atoms with Gasteiger partial charge >= 0.3 is 0 Å². The van der Waals surface area contributed by atoms with Crippen LogP contribution in [0.15, 0.2) is 72.8 Å². The van der Waals surface area contributed by atoms with Gasteiger partial charge in [-0.15, -0.1) is 0 Å². The summed E-state index contributed by atoms with van der Waals surface area (Å²) in [6, 6.07) is 18.4. The minimum atomic E-state index is -0.520. The summed E-state index contributed by atoms with van der Waals surface area (Å²) >= 11 is 5.89. The van der Waals surface area contributed by atoms with Gasteiger partial charge in [0.2, 0.25) is 5.91 Å². The van der Waals surface area contributed by atoms with E-state index in [1.165, 1.54) is 31.4 Å². The van der Waals surface area contributed by atoms with Gasteiger partial charge in [-0.05, 0) is 47.5 Å². The van der Waals surface area contributed by atoms with Crippen LogP contribution in [0.5, 0.6) is 11.5 Å². The maximum Gasteiger partial charge on any atom is 0.271 e. The molecule has 0 saturated carbocycles. The van der Waals surface area contributed by atoms with Gasteiger partial charge in [0.1, 0.15) is 6.61 Å². The Hall–Kier alpha value is -3.84. The zero-order valence-electron chi connectivity index (χ0n) is 16.6. The van der Waals surface area contributed by atoms with E-state index < -0.39 is 10.8 Å². The number of hydrogen-bond acceptors (Lipinski definition) is 5. The lowest BCUT2D eigenvalue weighted by atomic mass is 10.2. The van der Waals surface area contributed by atoms with Crippen LogP contribution >= 0.6 is 11.6 Å².